The lowest BCUT2D eigenvalue weighted by Gasteiger charge is -2.17. The van der Waals surface area contributed by atoms with Crippen LogP contribution in [0.5, 0.6) is 0 Å². The minimum absolute atomic E-state index is 0.0695. The zero-order valence-electron chi connectivity index (χ0n) is 12.4. The van der Waals surface area contributed by atoms with Gasteiger partial charge >= 0.3 is 12.0 Å². The zero-order valence-corrected chi connectivity index (χ0v) is 13.3. The van der Waals surface area contributed by atoms with Crippen LogP contribution in [0.25, 0.3) is 0 Å². The summed E-state index contributed by atoms with van der Waals surface area (Å²) in [5.41, 5.74) is 1.31. The van der Waals surface area contributed by atoms with E-state index < -0.39 is 24.0 Å². The molecule has 0 spiro atoms. The largest absolute Gasteiger partial charge is 0.447 e. The van der Waals surface area contributed by atoms with Gasteiger partial charge in [-0.2, -0.15) is 11.3 Å². The molecule has 1 aromatic carbocycles. The second-order valence-electron chi connectivity index (χ2n) is 4.66. The number of nitrogens with one attached hydrogen (secondary N) is 2. The van der Waals surface area contributed by atoms with Crippen LogP contribution < -0.4 is 10.6 Å². The standard InChI is InChI=1S/C16H16N2O4S/c1-17-16(21)18-15(20)14(12-5-3-2-4-6-12)22-13(19)9-11-7-8-23-10-11/h2-8,10,14H,9H2,1H3,(H2,17,18,20,21)/t14-/m1/s1. The second kappa shape index (κ2) is 8.09. The fraction of sp³-hybridized carbons (Fsp3) is 0.188. The van der Waals surface area contributed by atoms with Crippen LogP contribution in [0.4, 0.5) is 4.79 Å². The van der Waals surface area contributed by atoms with Gasteiger partial charge in [-0.3, -0.25) is 14.9 Å². The van der Waals surface area contributed by atoms with E-state index in [4.69, 9.17) is 4.74 Å². The van der Waals surface area contributed by atoms with Gasteiger partial charge in [-0.25, -0.2) is 4.79 Å². The van der Waals surface area contributed by atoms with Crippen LogP contribution in [0, 0.1) is 0 Å². The van der Waals surface area contributed by atoms with Crippen molar-refractivity contribution >= 4 is 29.2 Å². The molecule has 120 valence electrons. The van der Waals surface area contributed by atoms with Crippen LogP contribution in [-0.2, 0) is 20.7 Å². The molecule has 7 heteroatoms. The Morgan fingerprint density at radius 3 is 2.52 bits per heavy atom. The second-order valence-corrected chi connectivity index (χ2v) is 5.44. The smallest absolute Gasteiger partial charge is 0.321 e. The fourth-order valence-corrected chi connectivity index (χ4v) is 2.54. The van der Waals surface area contributed by atoms with Gasteiger partial charge in [0.1, 0.15) is 0 Å². The molecule has 1 aromatic heterocycles. The first-order valence-electron chi connectivity index (χ1n) is 6.88. The van der Waals surface area contributed by atoms with E-state index in [0.717, 1.165) is 5.56 Å². The number of carbonyl (C=O) groups excluding carboxylic acids is 3. The molecule has 23 heavy (non-hydrogen) atoms. The van der Waals surface area contributed by atoms with Crippen molar-refractivity contribution in [2.45, 2.75) is 12.5 Å². The van der Waals surface area contributed by atoms with Crippen molar-refractivity contribution in [3.63, 3.8) is 0 Å². The van der Waals surface area contributed by atoms with Gasteiger partial charge in [0, 0.05) is 12.6 Å². The Hall–Kier alpha value is -2.67. The molecule has 0 aliphatic heterocycles. The average molecular weight is 332 g/mol. The number of benzene rings is 1. The summed E-state index contributed by atoms with van der Waals surface area (Å²) in [6.45, 7) is 0. The quantitative estimate of drug-likeness (QED) is 0.821. The molecule has 6 nitrogen and oxygen atoms in total. The van der Waals surface area contributed by atoms with Gasteiger partial charge in [-0.15, -0.1) is 0 Å². The van der Waals surface area contributed by atoms with Crippen LogP contribution in [0.1, 0.15) is 17.2 Å². The monoisotopic (exact) mass is 332 g/mol. The lowest BCUT2D eigenvalue weighted by Crippen LogP contribution is -2.41. The van der Waals surface area contributed by atoms with Crippen molar-refractivity contribution in [1.29, 1.82) is 0 Å². The van der Waals surface area contributed by atoms with Gasteiger partial charge < -0.3 is 10.1 Å². The molecule has 0 radical (unpaired) electrons. The number of imide groups is 1. The van der Waals surface area contributed by atoms with Gasteiger partial charge in [-0.05, 0) is 22.4 Å². The third-order valence-corrected chi connectivity index (χ3v) is 3.71. The number of rotatable bonds is 5. The molecule has 0 aliphatic carbocycles. The first-order valence-corrected chi connectivity index (χ1v) is 7.82. The van der Waals surface area contributed by atoms with E-state index in [-0.39, 0.29) is 6.42 Å². The first kappa shape index (κ1) is 16.7. The number of thiophene rings is 1. The van der Waals surface area contributed by atoms with Crippen molar-refractivity contribution < 1.29 is 19.1 Å². The molecule has 2 aromatic rings. The molecule has 0 saturated carbocycles. The molecule has 1 atom stereocenters. The normalized spacial score (nSPS) is 11.3. The Morgan fingerprint density at radius 1 is 1.17 bits per heavy atom. The van der Waals surface area contributed by atoms with Crippen molar-refractivity contribution in [3.05, 3.63) is 58.3 Å². The van der Waals surface area contributed by atoms with Crippen LogP contribution >= 0.6 is 11.3 Å². The SMILES string of the molecule is CNC(=O)NC(=O)[C@H](OC(=O)Cc1ccsc1)c1ccccc1. The van der Waals surface area contributed by atoms with E-state index in [2.05, 4.69) is 10.6 Å². The zero-order chi connectivity index (χ0) is 16.7. The Balaban J connectivity index is 2.11. The van der Waals surface area contributed by atoms with E-state index in [1.54, 1.807) is 30.3 Å². The minimum atomic E-state index is -1.18. The van der Waals surface area contributed by atoms with Gasteiger partial charge in [0.05, 0.1) is 6.42 Å². The molecule has 2 N–H and O–H groups in total. The predicted octanol–water partition coefficient (Wildman–Crippen LogP) is 2.03. The Morgan fingerprint density at radius 2 is 1.91 bits per heavy atom. The summed E-state index contributed by atoms with van der Waals surface area (Å²) in [7, 11) is 1.39. The number of hydrogen-bond donors (Lipinski definition) is 2. The van der Waals surface area contributed by atoms with E-state index >= 15 is 0 Å². The molecule has 0 unspecified atom stereocenters. The van der Waals surface area contributed by atoms with Gasteiger partial charge in [0.25, 0.3) is 5.91 Å². The Bertz CT molecular complexity index is 671. The third kappa shape index (κ3) is 4.93. The van der Waals surface area contributed by atoms with Gasteiger partial charge in [-0.1, -0.05) is 30.3 Å². The number of esters is 1. The Kier molecular flexibility index (Phi) is 5.87. The molecule has 0 saturated heterocycles. The van der Waals surface area contributed by atoms with Gasteiger partial charge in [0.15, 0.2) is 0 Å². The van der Waals surface area contributed by atoms with Crippen LogP contribution in [0.2, 0.25) is 0 Å². The molecular weight excluding hydrogens is 316 g/mol. The number of urea groups is 1. The maximum absolute atomic E-state index is 12.2. The fourth-order valence-electron chi connectivity index (χ4n) is 1.87. The predicted molar refractivity (Wildman–Crippen MR) is 85.9 cm³/mol. The van der Waals surface area contributed by atoms with E-state index in [1.807, 2.05) is 16.8 Å². The third-order valence-electron chi connectivity index (χ3n) is 2.98. The maximum atomic E-state index is 12.2. The molecule has 0 aliphatic rings. The summed E-state index contributed by atoms with van der Waals surface area (Å²) in [5, 5.41) is 8.10. The summed E-state index contributed by atoms with van der Waals surface area (Å²) in [4.78, 5) is 35.6. The maximum Gasteiger partial charge on any atom is 0.321 e. The highest BCUT2D eigenvalue weighted by Crippen LogP contribution is 2.19. The number of hydrogen-bond acceptors (Lipinski definition) is 5. The topological polar surface area (TPSA) is 84.5 Å². The average Bonchev–Trinajstić information content (AvgIpc) is 3.06. The number of ether oxygens (including phenoxy) is 1. The van der Waals surface area contributed by atoms with E-state index in [9.17, 15) is 14.4 Å². The van der Waals surface area contributed by atoms with Crippen LogP contribution in [0.3, 0.4) is 0 Å². The summed E-state index contributed by atoms with van der Waals surface area (Å²) in [6, 6.07) is 9.70. The summed E-state index contributed by atoms with van der Waals surface area (Å²) >= 11 is 1.47. The van der Waals surface area contributed by atoms with Crippen molar-refractivity contribution in [2.24, 2.45) is 0 Å². The molecule has 0 bridgehead atoms. The first-order chi connectivity index (χ1) is 11.1. The van der Waals surface area contributed by atoms with Crippen LogP contribution in [-0.4, -0.2) is 25.0 Å². The molecule has 1 heterocycles. The lowest BCUT2D eigenvalue weighted by molar-refractivity contribution is -0.155. The highest BCUT2D eigenvalue weighted by molar-refractivity contribution is 7.07. The van der Waals surface area contributed by atoms with Crippen molar-refractivity contribution in [2.75, 3.05) is 7.05 Å². The van der Waals surface area contributed by atoms with Crippen LogP contribution in [0.15, 0.2) is 47.2 Å². The van der Waals surface area contributed by atoms with E-state index in [0.29, 0.717) is 5.56 Å². The molecule has 3 amide bonds. The molecule has 0 fully saturated rings. The van der Waals surface area contributed by atoms with Crippen molar-refractivity contribution in [1.82, 2.24) is 10.6 Å². The number of carbonyl (C=O) groups is 3. The summed E-state index contributed by atoms with van der Waals surface area (Å²) in [6.07, 6.45) is -1.11. The van der Waals surface area contributed by atoms with Gasteiger partial charge in [0.2, 0.25) is 6.10 Å². The molecule has 2 rings (SSSR count). The highest BCUT2D eigenvalue weighted by atomic mass is 32.1. The van der Waals surface area contributed by atoms with E-state index in [1.165, 1.54) is 18.4 Å². The lowest BCUT2D eigenvalue weighted by atomic mass is 10.1. The Labute approximate surface area is 137 Å². The summed E-state index contributed by atoms with van der Waals surface area (Å²) < 4.78 is 5.29. The minimum Gasteiger partial charge on any atom is -0.447 e. The summed E-state index contributed by atoms with van der Waals surface area (Å²) in [5.74, 6) is -1.24. The number of amides is 3. The van der Waals surface area contributed by atoms with Crippen molar-refractivity contribution in [3.8, 4) is 0 Å². The molecular formula is C16H16N2O4S. The highest BCUT2D eigenvalue weighted by Gasteiger charge is 2.26.